The van der Waals surface area contributed by atoms with Crippen molar-refractivity contribution in [2.75, 3.05) is 7.05 Å². The predicted octanol–water partition coefficient (Wildman–Crippen LogP) is 3.45. The van der Waals surface area contributed by atoms with Crippen LogP contribution in [0.5, 0.6) is 0 Å². The second kappa shape index (κ2) is 5.02. The molecule has 0 aromatic rings. The van der Waals surface area contributed by atoms with Crippen LogP contribution in [-0.4, -0.2) is 13.1 Å². The molecule has 0 amide bonds. The van der Waals surface area contributed by atoms with E-state index in [2.05, 4.69) is 45.0 Å². The minimum atomic E-state index is 0.570. The molecule has 0 aromatic carbocycles. The Hall–Kier alpha value is -0.480. The van der Waals surface area contributed by atoms with Crippen molar-refractivity contribution >= 4 is 0 Å². The first-order chi connectivity index (χ1) is 8.18. The van der Waals surface area contributed by atoms with Crippen LogP contribution in [0.2, 0.25) is 0 Å². The van der Waals surface area contributed by atoms with E-state index in [1.54, 1.807) is 0 Å². The van der Waals surface area contributed by atoms with Crippen molar-refractivity contribution in [1.82, 2.24) is 5.32 Å². The molecule has 2 fully saturated rings. The molecule has 0 aliphatic heterocycles. The van der Waals surface area contributed by atoms with Gasteiger partial charge in [0.15, 0.2) is 0 Å². The zero-order valence-electron chi connectivity index (χ0n) is 11.8. The van der Waals surface area contributed by atoms with Gasteiger partial charge < -0.3 is 5.32 Å². The zero-order valence-corrected chi connectivity index (χ0v) is 11.8. The van der Waals surface area contributed by atoms with Crippen molar-refractivity contribution in [3.8, 4) is 11.8 Å². The van der Waals surface area contributed by atoms with Gasteiger partial charge in [0.2, 0.25) is 0 Å². The van der Waals surface area contributed by atoms with Gasteiger partial charge in [-0.1, -0.05) is 33.1 Å². The van der Waals surface area contributed by atoms with E-state index in [0.717, 1.165) is 18.3 Å². The lowest BCUT2D eigenvalue weighted by molar-refractivity contribution is 0.136. The van der Waals surface area contributed by atoms with E-state index in [1.807, 2.05) is 0 Å². The number of hydrogen-bond donors (Lipinski definition) is 1. The summed E-state index contributed by atoms with van der Waals surface area (Å²) in [5.41, 5.74) is 0.570. The maximum Gasteiger partial charge on any atom is 0.0279 e. The summed E-state index contributed by atoms with van der Waals surface area (Å²) in [6.07, 6.45) is 6.43. The van der Waals surface area contributed by atoms with Crippen molar-refractivity contribution in [2.45, 2.75) is 58.9 Å². The molecule has 2 aliphatic rings. The Morgan fingerprint density at radius 2 is 2.18 bits per heavy atom. The number of rotatable bonds is 5. The molecule has 0 saturated heterocycles. The largest absolute Gasteiger partial charge is 0.316 e. The summed E-state index contributed by atoms with van der Waals surface area (Å²) < 4.78 is 0. The van der Waals surface area contributed by atoms with Gasteiger partial charge in [-0.05, 0) is 38.1 Å². The summed E-state index contributed by atoms with van der Waals surface area (Å²) in [6, 6.07) is 0.701. The van der Waals surface area contributed by atoms with Crippen molar-refractivity contribution in [1.29, 1.82) is 0 Å². The maximum absolute atomic E-state index is 3.59. The lowest BCUT2D eigenvalue weighted by Crippen LogP contribution is -2.46. The van der Waals surface area contributed by atoms with E-state index in [0.29, 0.717) is 17.4 Å². The third-order valence-electron chi connectivity index (χ3n) is 5.15. The summed E-state index contributed by atoms with van der Waals surface area (Å²) in [5, 5.41) is 3.59. The van der Waals surface area contributed by atoms with Crippen molar-refractivity contribution in [3.63, 3.8) is 0 Å². The van der Waals surface area contributed by atoms with Gasteiger partial charge in [0.25, 0.3) is 0 Å². The molecule has 2 saturated carbocycles. The van der Waals surface area contributed by atoms with Gasteiger partial charge in [-0.15, -0.1) is 5.92 Å². The number of fused-ring (bicyclic) bond motifs is 1. The maximum atomic E-state index is 3.59. The summed E-state index contributed by atoms with van der Waals surface area (Å²) in [7, 11) is 2.14. The first-order valence-corrected chi connectivity index (χ1v) is 7.34. The van der Waals surface area contributed by atoms with E-state index in [-0.39, 0.29) is 0 Å². The Morgan fingerprint density at radius 1 is 1.41 bits per heavy atom. The third-order valence-corrected chi connectivity index (χ3v) is 5.15. The van der Waals surface area contributed by atoms with E-state index in [1.165, 1.54) is 25.7 Å². The van der Waals surface area contributed by atoms with E-state index >= 15 is 0 Å². The fraction of sp³-hybridized carbons (Fsp3) is 0.875. The normalized spacial score (nSPS) is 37.2. The second-order valence-electron chi connectivity index (χ2n) is 6.07. The highest BCUT2D eigenvalue weighted by Gasteiger charge is 2.70. The third kappa shape index (κ3) is 2.13. The molecule has 5 atom stereocenters. The first-order valence-electron chi connectivity index (χ1n) is 7.34. The molecule has 2 rings (SSSR count). The van der Waals surface area contributed by atoms with Crippen molar-refractivity contribution in [3.05, 3.63) is 0 Å². The minimum Gasteiger partial charge on any atom is -0.316 e. The molecule has 1 N–H and O–H groups in total. The van der Waals surface area contributed by atoms with Crippen LogP contribution >= 0.6 is 0 Å². The standard InChI is InChI=1S/C16H27N/c1-5-7-8-13-10-14-11-16(13,14)15(17-4)9-12(3)6-2/h12-15,17H,5-6,9-11H2,1-4H3. The van der Waals surface area contributed by atoms with Crippen LogP contribution in [-0.2, 0) is 0 Å². The molecule has 0 heterocycles. The average molecular weight is 233 g/mol. The molecule has 17 heavy (non-hydrogen) atoms. The Bertz CT molecular complexity index is 324. The molecule has 0 bridgehead atoms. The molecular weight excluding hydrogens is 206 g/mol. The lowest BCUT2D eigenvalue weighted by Gasteiger charge is -2.40. The highest BCUT2D eigenvalue weighted by molar-refractivity contribution is 5.28. The highest BCUT2D eigenvalue weighted by atomic mass is 15.0. The summed E-state index contributed by atoms with van der Waals surface area (Å²) in [5.74, 6) is 9.33. The first kappa shape index (κ1) is 13.0. The fourth-order valence-corrected chi connectivity index (χ4v) is 3.70. The highest BCUT2D eigenvalue weighted by Crippen LogP contribution is 2.73. The molecule has 5 unspecified atom stereocenters. The van der Waals surface area contributed by atoms with Crippen LogP contribution in [0.15, 0.2) is 0 Å². The average Bonchev–Trinajstić information content (AvgIpc) is 2.93. The number of nitrogens with one attached hydrogen (secondary N) is 1. The van der Waals surface area contributed by atoms with Gasteiger partial charge in [0.1, 0.15) is 0 Å². The molecule has 2 aliphatic carbocycles. The molecule has 96 valence electrons. The van der Waals surface area contributed by atoms with Crippen molar-refractivity contribution < 1.29 is 0 Å². The Morgan fingerprint density at radius 3 is 2.65 bits per heavy atom. The van der Waals surface area contributed by atoms with Crippen molar-refractivity contribution in [2.24, 2.45) is 23.2 Å². The quantitative estimate of drug-likeness (QED) is 0.717. The zero-order chi connectivity index (χ0) is 12.5. The second-order valence-corrected chi connectivity index (χ2v) is 6.07. The smallest absolute Gasteiger partial charge is 0.0279 e. The molecule has 0 aromatic heterocycles. The Balaban J connectivity index is 2.00. The predicted molar refractivity (Wildman–Crippen MR) is 73.6 cm³/mol. The fourth-order valence-electron chi connectivity index (χ4n) is 3.70. The molecular formula is C16H27N. The Kier molecular flexibility index (Phi) is 3.83. The molecule has 0 radical (unpaired) electrons. The summed E-state index contributed by atoms with van der Waals surface area (Å²) in [6.45, 7) is 6.83. The summed E-state index contributed by atoms with van der Waals surface area (Å²) in [4.78, 5) is 0. The van der Waals surface area contributed by atoms with Gasteiger partial charge in [0, 0.05) is 23.8 Å². The topological polar surface area (TPSA) is 12.0 Å². The van der Waals surface area contributed by atoms with Gasteiger partial charge in [0.05, 0.1) is 0 Å². The van der Waals surface area contributed by atoms with Gasteiger partial charge in [-0.25, -0.2) is 0 Å². The SMILES string of the molecule is CCC#CC1CC2CC12C(CC(C)CC)NC. The van der Waals surface area contributed by atoms with Crippen LogP contribution in [0.4, 0.5) is 0 Å². The van der Waals surface area contributed by atoms with Crippen LogP contribution in [0, 0.1) is 35.0 Å². The number of hydrogen-bond acceptors (Lipinski definition) is 1. The Labute approximate surface area is 107 Å². The van der Waals surface area contributed by atoms with E-state index in [9.17, 15) is 0 Å². The minimum absolute atomic E-state index is 0.570. The van der Waals surface area contributed by atoms with E-state index < -0.39 is 0 Å². The van der Waals surface area contributed by atoms with E-state index in [4.69, 9.17) is 0 Å². The van der Waals surface area contributed by atoms with Gasteiger partial charge in [-0.3, -0.25) is 0 Å². The summed E-state index contributed by atoms with van der Waals surface area (Å²) >= 11 is 0. The van der Waals surface area contributed by atoms with Gasteiger partial charge in [-0.2, -0.15) is 0 Å². The van der Waals surface area contributed by atoms with Crippen LogP contribution in [0.25, 0.3) is 0 Å². The molecule has 1 heteroatoms. The van der Waals surface area contributed by atoms with Crippen LogP contribution in [0.3, 0.4) is 0 Å². The molecule has 0 spiro atoms. The van der Waals surface area contributed by atoms with Crippen LogP contribution < -0.4 is 5.32 Å². The lowest BCUT2D eigenvalue weighted by atomic mass is 9.67. The van der Waals surface area contributed by atoms with Crippen LogP contribution in [0.1, 0.15) is 52.9 Å². The molecule has 1 nitrogen and oxygen atoms in total. The van der Waals surface area contributed by atoms with Gasteiger partial charge >= 0.3 is 0 Å². The monoisotopic (exact) mass is 233 g/mol.